The molecule has 0 atom stereocenters. The fourth-order valence-corrected chi connectivity index (χ4v) is 2.13. The molecule has 102 valence electrons. The van der Waals surface area contributed by atoms with E-state index in [2.05, 4.69) is 13.8 Å². The molecule has 0 aliphatic rings. The Balaban J connectivity index is 2.09. The lowest BCUT2D eigenvalue weighted by molar-refractivity contribution is 0.302. The normalized spacial score (nSPS) is 10.6. The summed E-state index contributed by atoms with van der Waals surface area (Å²) < 4.78 is 5.76. The zero-order chi connectivity index (χ0) is 13.2. The number of hydrogen-bond acceptors (Lipinski definition) is 1. The SMILES string of the molecule is CCCCCCCCCOc1cc(Cl)ccc1C. The van der Waals surface area contributed by atoms with Crippen molar-refractivity contribution in [1.82, 2.24) is 0 Å². The van der Waals surface area contributed by atoms with E-state index < -0.39 is 0 Å². The maximum Gasteiger partial charge on any atom is 0.123 e. The van der Waals surface area contributed by atoms with Gasteiger partial charge in [0.2, 0.25) is 0 Å². The van der Waals surface area contributed by atoms with Gasteiger partial charge in [-0.05, 0) is 31.0 Å². The Morgan fingerprint density at radius 3 is 2.39 bits per heavy atom. The van der Waals surface area contributed by atoms with Gasteiger partial charge < -0.3 is 4.74 Å². The molecule has 0 radical (unpaired) electrons. The Morgan fingerprint density at radius 1 is 1.00 bits per heavy atom. The molecule has 0 heterocycles. The summed E-state index contributed by atoms with van der Waals surface area (Å²) in [7, 11) is 0. The van der Waals surface area contributed by atoms with Gasteiger partial charge in [-0.1, -0.05) is 63.1 Å². The number of benzene rings is 1. The minimum atomic E-state index is 0.746. The topological polar surface area (TPSA) is 9.23 Å². The Labute approximate surface area is 116 Å². The summed E-state index contributed by atoms with van der Waals surface area (Å²) in [5, 5.41) is 0.746. The van der Waals surface area contributed by atoms with Crippen LogP contribution in [0.4, 0.5) is 0 Å². The second-order valence-corrected chi connectivity index (χ2v) is 5.32. The fraction of sp³-hybridized carbons (Fsp3) is 0.625. The Hall–Kier alpha value is -0.690. The van der Waals surface area contributed by atoms with Crippen molar-refractivity contribution >= 4 is 11.6 Å². The van der Waals surface area contributed by atoms with E-state index in [0.717, 1.165) is 29.4 Å². The van der Waals surface area contributed by atoms with E-state index in [1.54, 1.807) is 0 Å². The van der Waals surface area contributed by atoms with Crippen molar-refractivity contribution in [2.24, 2.45) is 0 Å². The molecule has 0 bridgehead atoms. The molecule has 0 spiro atoms. The molecule has 0 fully saturated rings. The van der Waals surface area contributed by atoms with Crippen LogP contribution in [0.25, 0.3) is 0 Å². The van der Waals surface area contributed by atoms with Gasteiger partial charge in [-0.2, -0.15) is 0 Å². The number of ether oxygens (including phenoxy) is 1. The molecule has 0 saturated carbocycles. The minimum absolute atomic E-state index is 0.746. The maximum atomic E-state index is 5.95. The summed E-state index contributed by atoms with van der Waals surface area (Å²) in [6, 6.07) is 5.80. The number of halogens is 1. The van der Waals surface area contributed by atoms with Gasteiger partial charge in [0.1, 0.15) is 5.75 Å². The van der Waals surface area contributed by atoms with E-state index in [-0.39, 0.29) is 0 Å². The van der Waals surface area contributed by atoms with Crippen LogP contribution in [0.15, 0.2) is 18.2 Å². The highest BCUT2D eigenvalue weighted by Crippen LogP contribution is 2.22. The van der Waals surface area contributed by atoms with Gasteiger partial charge in [0.05, 0.1) is 6.61 Å². The molecule has 0 aromatic heterocycles. The van der Waals surface area contributed by atoms with Crippen LogP contribution >= 0.6 is 11.6 Å². The summed E-state index contributed by atoms with van der Waals surface area (Å²) in [5.41, 5.74) is 1.15. The van der Waals surface area contributed by atoms with E-state index in [4.69, 9.17) is 16.3 Å². The first kappa shape index (κ1) is 15.4. The standard InChI is InChI=1S/C16H25ClO/c1-3-4-5-6-7-8-9-12-18-16-13-15(17)11-10-14(16)2/h10-11,13H,3-9,12H2,1-2H3. The van der Waals surface area contributed by atoms with Gasteiger partial charge >= 0.3 is 0 Å². The van der Waals surface area contributed by atoms with Gasteiger partial charge in [0.15, 0.2) is 0 Å². The number of hydrogen-bond donors (Lipinski definition) is 0. The Kier molecular flexibility index (Phi) is 7.91. The van der Waals surface area contributed by atoms with Gasteiger partial charge in [-0.15, -0.1) is 0 Å². The zero-order valence-corrected chi connectivity index (χ0v) is 12.4. The third-order valence-electron chi connectivity index (χ3n) is 3.16. The van der Waals surface area contributed by atoms with Crippen molar-refractivity contribution in [3.05, 3.63) is 28.8 Å². The molecule has 1 aromatic carbocycles. The molecule has 0 N–H and O–H groups in total. The Morgan fingerprint density at radius 2 is 1.67 bits per heavy atom. The van der Waals surface area contributed by atoms with Crippen LogP contribution in [-0.2, 0) is 0 Å². The monoisotopic (exact) mass is 268 g/mol. The van der Waals surface area contributed by atoms with Crippen LogP contribution in [0.2, 0.25) is 5.02 Å². The summed E-state index contributed by atoms with van der Waals surface area (Å²) in [6.07, 6.45) is 9.17. The van der Waals surface area contributed by atoms with E-state index in [1.165, 1.54) is 38.5 Å². The first-order valence-electron chi connectivity index (χ1n) is 7.13. The molecule has 2 heteroatoms. The lowest BCUT2D eigenvalue weighted by Gasteiger charge is -2.09. The largest absolute Gasteiger partial charge is 0.493 e. The van der Waals surface area contributed by atoms with E-state index in [0.29, 0.717) is 0 Å². The summed E-state index contributed by atoms with van der Waals surface area (Å²) in [5.74, 6) is 0.925. The highest BCUT2D eigenvalue weighted by atomic mass is 35.5. The molecule has 0 unspecified atom stereocenters. The van der Waals surface area contributed by atoms with Crippen LogP contribution in [0.3, 0.4) is 0 Å². The molecular weight excluding hydrogens is 244 g/mol. The Bertz CT molecular complexity index is 336. The summed E-state index contributed by atoms with van der Waals surface area (Å²) >= 11 is 5.95. The molecule has 1 nitrogen and oxygen atoms in total. The van der Waals surface area contributed by atoms with Crippen LogP contribution in [0.1, 0.15) is 57.4 Å². The molecule has 18 heavy (non-hydrogen) atoms. The predicted molar refractivity (Wildman–Crippen MR) is 79.7 cm³/mol. The van der Waals surface area contributed by atoms with E-state index >= 15 is 0 Å². The third-order valence-corrected chi connectivity index (χ3v) is 3.39. The molecule has 0 saturated heterocycles. The lowest BCUT2D eigenvalue weighted by atomic mass is 10.1. The van der Waals surface area contributed by atoms with E-state index in [9.17, 15) is 0 Å². The first-order chi connectivity index (χ1) is 8.74. The van der Waals surface area contributed by atoms with Crippen molar-refractivity contribution in [3.8, 4) is 5.75 Å². The molecule has 1 rings (SSSR count). The fourth-order valence-electron chi connectivity index (χ4n) is 1.97. The quantitative estimate of drug-likeness (QED) is 0.516. The van der Waals surface area contributed by atoms with Gasteiger partial charge in [-0.25, -0.2) is 0 Å². The van der Waals surface area contributed by atoms with Crippen molar-refractivity contribution < 1.29 is 4.74 Å². The predicted octanol–water partition coefficient (Wildman–Crippen LogP) is 5.78. The summed E-state index contributed by atoms with van der Waals surface area (Å²) in [6.45, 7) is 5.10. The average molecular weight is 269 g/mol. The highest BCUT2D eigenvalue weighted by Gasteiger charge is 2.00. The zero-order valence-electron chi connectivity index (χ0n) is 11.7. The molecule has 0 aliphatic heterocycles. The lowest BCUT2D eigenvalue weighted by Crippen LogP contribution is -1.98. The van der Waals surface area contributed by atoms with Crippen LogP contribution in [0, 0.1) is 6.92 Å². The molecular formula is C16H25ClO. The average Bonchev–Trinajstić information content (AvgIpc) is 2.36. The molecule has 0 amide bonds. The number of unbranched alkanes of at least 4 members (excludes halogenated alkanes) is 6. The first-order valence-corrected chi connectivity index (χ1v) is 7.50. The van der Waals surface area contributed by atoms with Gasteiger partial charge in [0.25, 0.3) is 0 Å². The molecule has 1 aromatic rings. The minimum Gasteiger partial charge on any atom is -0.493 e. The van der Waals surface area contributed by atoms with Crippen molar-refractivity contribution in [2.75, 3.05) is 6.61 Å². The summed E-state index contributed by atoms with van der Waals surface area (Å²) in [4.78, 5) is 0. The highest BCUT2D eigenvalue weighted by molar-refractivity contribution is 6.30. The van der Waals surface area contributed by atoms with Crippen molar-refractivity contribution in [3.63, 3.8) is 0 Å². The van der Waals surface area contributed by atoms with Gasteiger partial charge in [-0.3, -0.25) is 0 Å². The van der Waals surface area contributed by atoms with Gasteiger partial charge in [0, 0.05) is 5.02 Å². The van der Waals surface area contributed by atoms with Crippen LogP contribution in [-0.4, -0.2) is 6.61 Å². The van der Waals surface area contributed by atoms with Crippen molar-refractivity contribution in [1.29, 1.82) is 0 Å². The second kappa shape index (κ2) is 9.27. The van der Waals surface area contributed by atoms with Crippen molar-refractivity contribution in [2.45, 2.75) is 58.8 Å². The van der Waals surface area contributed by atoms with Crippen LogP contribution in [0.5, 0.6) is 5.75 Å². The third kappa shape index (κ3) is 6.30. The smallest absolute Gasteiger partial charge is 0.123 e. The molecule has 0 aliphatic carbocycles. The second-order valence-electron chi connectivity index (χ2n) is 4.88. The number of rotatable bonds is 9. The maximum absolute atomic E-state index is 5.95. The van der Waals surface area contributed by atoms with E-state index in [1.807, 2.05) is 18.2 Å². The van der Waals surface area contributed by atoms with Crippen LogP contribution < -0.4 is 4.74 Å². The number of aryl methyl sites for hydroxylation is 1.